The molecule has 0 fully saturated rings. The summed E-state index contributed by atoms with van der Waals surface area (Å²) < 4.78 is 34.1. The van der Waals surface area contributed by atoms with E-state index in [0.29, 0.717) is 5.52 Å². The van der Waals surface area contributed by atoms with Gasteiger partial charge in [-0.2, -0.15) is 5.10 Å². The third kappa shape index (κ3) is 2.48. The zero-order valence-corrected chi connectivity index (χ0v) is 12.1. The number of esters is 1. The van der Waals surface area contributed by atoms with Gasteiger partial charge in [0.15, 0.2) is 11.5 Å². The van der Waals surface area contributed by atoms with Crippen LogP contribution in [0.5, 0.6) is 0 Å². The number of aromatic nitrogens is 3. The lowest BCUT2D eigenvalue weighted by Crippen LogP contribution is -2.06. The van der Waals surface area contributed by atoms with Crippen molar-refractivity contribution in [3.63, 3.8) is 0 Å². The summed E-state index contributed by atoms with van der Waals surface area (Å²) in [5, 5.41) is 4.08. The highest BCUT2D eigenvalue weighted by molar-refractivity contribution is 5.94. The molecule has 6 nitrogen and oxygen atoms in total. The van der Waals surface area contributed by atoms with Crippen molar-refractivity contribution in [3.8, 4) is 11.3 Å². The maximum atomic E-state index is 14.1. The molecule has 0 bridgehead atoms. The molecule has 23 heavy (non-hydrogen) atoms. The molecule has 0 amide bonds. The largest absolute Gasteiger partial charge is 0.461 e. The molecule has 2 heterocycles. The first-order valence-electron chi connectivity index (χ1n) is 6.78. The van der Waals surface area contributed by atoms with E-state index in [4.69, 9.17) is 10.5 Å². The first kappa shape index (κ1) is 14.9. The second kappa shape index (κ2) is 5.64. The number of halogens is 2. The molecule has 8 heteroatoms. The van der Waals surface area contributed by atoms with Gasteiger partial charge < -0.3 is 10.5 Å². The number of nitrogens with zero attached hydrogens (tertiary/aromatic N) is 3. The van der Waals surface area contributed by atoms with Crippen LogP contribution in [0.2, 0.25) is 0 Å². The number of imidazole rings is 1. The van der Waals surface area contributed by atoms with Crippen LogP contribution in [0, 0.1) is 11.6 Å². The Hall–Kier alpha value is -3.03. The van der Waals surface area contributed by atoms with Crippen molar-refractivity contribution in [2.75, 3.05) is 12.3 Å². The fraction of sp³-hybridized carbons (Fsp3) is 0.133. The highest BCUT2D eigenvalue weighted by atomic mass is 19.1. The molecule has 0 radical (unpaired) electrons. The zero-order chi connectivity index (χ0) is 16.6. The number of fused-ring (bicyclic) bond motifs is 1. The summed E-state index contributed by atoms with van der Waals surface area (Å²) in [5.41, 5.74) is 5.44. The normalized spacial score (nSPS) is 10.9. The molecular formula is C15H12F2N4O2. The summed E-state index contributed by atoms with van der Waals surface area (Å²) in [6, 6.07) is 5.09. The molecular weight excluding hydrogens is 306 g/mol. The van der Waals surface area contributed by atoms with Crippen molar-refractivity contribution in [3.05, 3.63) is 47.9 Å². The number of nitrogens with two attached hydrogens (primary N) is 1. The van der Waals surface area contributed by atoms with Gasteiger partial charge in [-0.15, -0.1) is 0 Å². The van der Waals surface area contributed by atoms with Gasteiger partial charge in [0.1, 0.15) is 12.1 Å². The molecule has 0 aliphatic carbocycles. The van der Waals surface area contributed by atoms with E-state index in [0.717, 1.165) is 12.1 Å². The lowest BCUT2D eigenvalue weighted by Gasteiger charge is -2.07. The van der Waals surface area contributed by atoms with Crippen LogP contribution >= 0.6 is 0 Å². The van der Waals surface area contributed by atoms with E-state index < -0.39 is 17.6 Å². The molecule has 2 aromatic heterocycles. The minimum Gasteiger partial charge on any atom is -0.461 e. The number of rotatable bonds is 3. The Kier molecular flexibility index (Phi) is 3.65. The molecule has 0 saturated heterocycles. The molecule has 118 valence electrons. The number of hydrogen-bond donors (Lipinski definition) is 1. The highest BCUT2D eigenvalue weighted by Crippen LogP contribution is 2.28. The van der Waals surface area contributed by atoms with Crippen molar-refractivity contribution in [2.45, 2.75) is 6.92 Å². The van der Waals surface area contributed by atoms with Crippen LogP contribution < -0.4 is 5.73 Å². The molecule has 1 aromatic carbocycles. The average Bonchev–Trinajstić information content (AvgIpc) is 2.95. The van der Waals surface area contributed by atoms with Crippen LogP contribution in [-0.4, -0.2) is 27.2 Å². The SMILES string of the molecule is CCOC(=O)c1ncn2nc(-c3c(F)ccc(N)c3F)ccc12. The Morgan fingerprint density at radius 3 is 2.83 bits per heavy atom. The molecule has 0 unspecified atom stereocenters. The molecule has 0 aliphatic rings. The van der Waals surface area contributed by atoms with Crippen molar-refractivity contribution in [1.29, 1.82) is 0 Å². The standard InChI is InChI=1S/C15H12F2N4O2/c1-2-23-15(22)14-11-6-5-10(20-21(11)7-19-14)12-8(16)3-4-9(18)13(12)17/h3-7H,2,18H2,1H3. The number of carbonyl (C=O) groups is 1. The first-order valence-corrected chi connectivity index (χ1v) is 6.78. The third-order valence-electron chi connectivity index (χ3n) is 3.25. The van der Waals surface area contributed by atoms with Gasteiger partial charge in [-0.05, 0) is 31.2 Å². The predicted octanol–water partition coefficient (Wildman–Crippen LogP) is 2.43. The van der Waals surface area contributed by atoms with Crippen LogP contribution in [0.25, 0.3) is 16.8 Å². The van der Waals surface area contributed by atoms with Gasteiger partial charge >= 0.3 is 5.97 Å². The number of anilines is 1. The second-order valence-corrected chi connectivity index (χ2v) is 4.69. The van der Waals surface area contributed by atoms with Gasteiger partial charge in [0.25, 0.3) is 0 Å². The van der Waals surface area contributed by atoms with Gasteiger partial charge in [-0.25, -0.2) is 23.1 Å². The van der Waals surface area contributed by atoms with Gasteiger partial charge in [-0.3, -0.25) is 0 Å². The molecule has 0 spiro atoms. The van der Waals surface area contributed by atoms with Crippen LogP contribution in [0.3, 0.4) is 0 Å². The summed E-state index contributed by atoms with van der Waals surface area (Å²) in [7, 11) is 0. The van der Waals surface area contributed by atoms with E-state index in [9.17, 15) is 13.6 Å². The van der Waals surface area contributed by atoms with Gasteiger partial charge in [0, 0.05) is 0 Å². The highest BCUT2D eigenvalue weighted by Gasteiger charge is 2.19. The molecule has 0 aliphatic heterocycles. The number of hydrogen-bond acceptors (Lipinski definition) is 5. The monoisotopic (exact) mass is 318 g/mol. The molecule has 3 aromatic rings. The fourth-order valence-electron chi connectivity index (χ4n) is 2.18. The maximum absolute atomic E-state index is 14.1. The van der Waals surface area contributed by atoms with Gasteiger partial charge in [0.05, 0.1) is 29.1 Å². The number of ether oxygens (including phenoxy) is 1. The third-order valence-corrected chi connectivity index (χ3v) is 3.25. The summed E-state index contributed by atoms with van der Waals surface area (Å²) in [4.78, 5) is 15.7. The number of carbonyl (C=O) groups excluding carboxylic acids is 1. The van der Waals surface area contributed by atoms with Gasteiger partial charge in [-0.1, -0.05) is 0 Å². The second-order valence-electron chi connectivity index (χ2n) is 4.69. The quantitative estimate of drug-likeness (QED) is 0.592. The fourth-order valence-corrected chi connectivity index (χ4v) is 2.18. The van der Waals surface area contributed by atoms with E-state index >= 15 is 0 Å². The Balaban J connectivity index is 2.13. The molecule has 2 N–H and O–H groups in total. The summed E-state index contributed by atoms with van der Waals surface area (Å²) in [6.07, 6.45) is 1.27. The van der Waals surface area contributed by atoms with E-state index in [1.54, 1.807) is 6.92 Å². The van der Waals surface area contributed by atoms with Crippen molar-refractivity contribution in [2.24, 2.45) is 0 Å². The first-order chi connectivity index (χ1) is 11.0. The van der Waals surface area contributed by atoms with Crippen LogP contribution in [0.1, 0.15) is 17.4 Å². The van der Waals surface area contributed by atoms with E-state index in [1.165, 1.54) is 23.0 Å². The Bertz CT molecular complexity index is 908. The summed E-state index contributed by atoms with van der Waals surface area (Å²) in [6.45, 7) is 1.89. The summed E-state index contributed by atoms with van der Waals surface area (Å²) in [5.74, 6) is -2.26. The van der Waals surface area contributed by atoms with Crippen LogP contribution in [0.15, 0.2) is 30.6 Å². The lowest BCUT2D eigenvalue weighted by molar-refractivity contribution is 0.0522. The minimum atomic E-state index is -0.886. The van der Waals surface area contributed by atoms with E-state index in [2.05, 4.69) is 10.1 Å². The lowest BCUT2D eigenvalue weighted by atomic mass is 10.1. The topological polar surface area (TPSA) is 82.5 Å². The molecule has 3 rings (SSSR count). The average molecular weight is 318 g/mol. The maximum Gasteiger partial charge on any atom is 0.359 e. The zero-order valence-electron chi connectivity index (χ0n) is 12.1. The molecule has 0 saturated carbocycles. The minimum absolute atomic E-state index is 0.0348. The summed E-state index contributed by atoms with van der Waals surface area (Å²) >= 11 is 0. The Morgan fingerprint density at radius 2 is 2.09 bits per heavy atom. The van der Waals surface area contributed by atoms with Crippen molar-refractivity contribution < 1.29 is 18.3 Å². The van der Waals surface area contributed by atoms with Crippen LogP contribution in [-0.2, 0) is 4.74 Å². The Labute approximate surface area is 129 Å². The van der Waals surface area contributed by atoms with E-state index in [1.807, 2.05) is 0 Å². The van der Waals surface area contributed by atoms with Gasteiger partial charge in [0.2, 0.25) is 0 Å². The van der Waals surface area contributed by atoms with Crippen LogP contribution in [0.4, 0.5) is 14.5 Å². The Morgan fingerprint density at radius 1 is 1.30 bits per heavy atom. The smallest absolute Gasteiger partial charge is 0.359 e. The van der Waals surface area contributed by atoms with Crippen molar-refractivity contribution in [1.82, 2.24) is 14.6 Å². The number of nitrogen functional groups attached to an aromatic ring is 1. The number of benzene rings is 1. The predicted molar refractivity (Wildman–Crippen MR) is 78.7 cm³/mol. The molecule has 0 atom stereocenters. The van der Waals surface area contributed by atoms with Crippen molar-refractivity contribution >= 4 is 17.2 Å². The van der Waals surface area contributed by atoms with E-state index in [-0.39, 0.29) is 29.2 Å².